The number of hydrogen-bond donors (Lipinski definition) is 0. The van der Waals surface area contributed by atoms with E-state index in [-0.39, 0.29) is 0 Å². The minimum atomic E-state index is 0.340. The maximum absolute atomic E-state index is 10.9. The number of carbonyl (C=O) groups excluding carboxylic acids is 1. The fraction of sp³-hybridized carbons (Fsp3) is 0.769. The van der Waals surface area contributed by atoms with Gasteiger partial charge in [0, 0.05) is 6.42 Å². The molecule has 0 N–H and O–H groups in total. The summed E-state index contributed by atoms with van der Waals surface area (Å²) in [4.78, 5) is 10.9. The van der Waals surface area contributed by atoms with Gasteiger partial charge in [0.15, 0.2) is 0 Å². The summed E-state index contributed by atoms with van der Waals surface area (Å²) < 4.78 is 0. The van der Waals surface area contributed by atoms with E-state index in [1.165, 1.54) is 19.3 Å². The summed E-state index contributed by atoms with van der Waals surface area (Å²) in [5.41, 5.74) is 0.509. The third-order valence-electron chi connectivity index (χ3n) is 4.07. The number of hydrogen-bond acceptors (Lipinski definition) is 1. The lowest BCUT2D eigenvalue weighted by atomic mass is 9.74. The van der Waals surface area contributed by atoms with Crippen molar-refractivity contribution in [3.63, 3.8) is 0 Å². The van der Waals surface area contributed by atoms with E-state index < -0.39 is 0 Å². The van der Waals surface area contributed by atoms with E-state index in [4.69, 9.17) is 0 Å². The van der Waals surface area contributed by atoms with Crippen LogP contribution < -0.4 is 0 Å². The lowest BCUT2D eigenvalue weighted by Gasteiger charge is -2.31. The Morgan fingerprint density at radius 1 is 1.50 bits per heavy atom. The second kappa shape index (κ2) is 3.52. The van der Waals surface area contributed by atoms with Crippen LogP contribution in [0.2, 0.25) is 0 Å². The van der Waals surface area contributed by atoms with Gasteiger partial charge in [0.2, 0.25) is 0 Å². The van der Waals surface area contributed by atoms with Crippen molar-refractivity contribution in [2.24, 2.45) is 17.3 Å². The largest absolute Gasteiger partial charge is 0.300 e. The topological polar surface area (TPSA) is 17.1 Å². The molecule has 0 saturated heterocycles. The molecule has 14 heavy (non-hydrogen) atoms. The summed E-state index contributed by atoms with van der Waals surface area (Å²) in [5, 5.41) is 0. The van der Waals surface area contributed by atoms with E-state index in [1.807, 2.05) is 0 Å². The normalized spacial score (nSPS) is 39.3. The van der Waals surface area contributed by atoms with Gasteiger partial charge in [-0.2, -0.15) is 0 Å². The van der Waals surface area contributed by atoms with Crippen molar-refractivity contribution in [1.29, 1.82) is 0 Å². The third kappa shape index (κ3) is 1.77. The average molecular weight is 192 g/mol. The Labute approximate surface area is 86.6 Å². The third-order valence-corrected chi connectivity index (χ3v) is 4.07. The first-order valence-electron chi connectivity index (χ1n) is 5.78. The molecule has 3 atom stereocenters. The lowest BCUT2D eigenvalue weighted by molar-refractivity contribution is -0.117. The molecule has 0 aliphatic heterocycles. The zero-order valence-electron chi connectivity index (χ0n) is 9.25. The number of Topliss-reactive ketones (excluding diaryl/α,β-unsaturated/α-hetero) is 1. The SMILES string of the molecule is CC(=O)CCCC1(C)CC2C=CC1C2. The Hall–Kier alpha value is -0.590. The molecule has 1 heteroatoms. The lowest BCUT2D eigenvalue weighted by Crippen LogP contribution is -2.21. The number of fused-ring (bicyclic) bond motifs is 2. The van der Waals surface area contributed by atoms with Crippen molar-refractivity contribution >= 4 is 5.78 Å². The first kappa shape index (κ1) is 9.95. The standard InChI is InChI=1S/C13H20O/c1-10(14)4-3-7-13(2)9-11-5-6-12(13)8-11/h5-6,11-12H,3-4,7-9H2,1-2H3. The Kier molecular flexibility index (Phi) is 2.50. The van der Waals surface area contributed by atoms with Crippen molar-refractivity contribution in [3.8, 4) is 0 Å². The van der Waals surface area contributed by atoms with E-state index in [9.17, 15) is 4.79 Å². The highest BCUT2D eigenvalue weighted by molar-refractivity contribution is 5.75. The molecule has 2 bridgehead atoms. The Morgan fingerprint density at radius 3 is 2.79 bits per heavy atom. The van der Waals surface area contributed by atoms with Crippen molar-refractivity contribution in [1.82, 2.24) is 0 Å². The molecule has 1 saturated carbocycles. The molecule has 78 valence electrons. The number of rotatable bonds is 4. The van der Waals surface area contributed by atoms with Gasteiger partial charge in [-0.1, -0.05) is 19.1 Å². The minimum Gasteiger partial charge on any atom is -0.300 e. The molecule has 0 spiro atoms. The number of allylic oxidation sites excluding steroid dienone is 2. The molecule has 1 nitrogen and oxygen atoms in total. The Balaban J connectivity index is 1.85. The van der Waals surface area contributed by atoms with Crippen LogP contribution in [0.1, 0.15) is 46.0 Å². The highest BCUT2D eigenvalue weighted by Gasteiger charge is 2.44. The molecule has 3 unspecified atom stereocenters. The van der Waals surface area contributed by atoms with Gasteiger partial charge in [0.05, 0.1) is 0 Å². The molecule has 0 aromatic carbocycles. The van der Waals surface area contributed by atoms with Crippen LogP contribution in [0.3, 0.4) is 0 Å². The number of carbonyl (C=O) groups is 1. The van der Waals surface area contributed by atoms with Crippen LogP contribution in [0.15, 0.2) is 12.2 Å². The van der Waals surface area contributed by atoms with E-state index in [1.54, 1.807) is 6.92 Å². The average Bonchev–Trinajstić information content (AvgIpc) is 2.62. The predicted molar refractivity (Wildman–Crippen MR) is 58.0 cm³/mol. The number of ketones is 1. The molecule has 2 aliphatic carbocycles. The summed E-state index contributed by atoms with van der Waals surface area (Å²) in [6.07, 6.45) is 10.6. The van der Waals surface area contributed by atoms with Crippen LogP contribution in [0.4, 0.5) is 0 Å². The first-order valence-corrected chi connectivity index (χ1v) is 5.78. The predicted octanol–water partition coefficient (Wildman–Crippen LogP) is 3.35. The molecule has 2 aliphatic rings. The van der Waals surface area contributed by atoms with Crippen molar-refractivity contribution < 1.29 is 4.79 Å². The van der Waals surface area contributed by atoms with Crippen LogP contribution in [-0.4, -0.2) is 5.78 Å². The molecule has 0 amide bonds. The van der Waals surface area contributed by atoms with E-state index in [2.05, 4.69) is 19.1 Å². The molecular weight excluding hydrogens is 172 g/mol. The highest BCUT2D eigenvalue weighted by atomic mass is 16.1. The van der Waals surface area contributed by atoms with Gasteiger partial charge in [-0.3, -0.25) is 0 Å². The zero-order chi connectivity index (χ0) is 10.2. The van der Waals surface area contributed by atoms with Crippen LogP contribution >= 0.6 is 0 Å². The van der Waals surface area contributed by atoms with Crippen LogP contribution in [0.5, 0.6) is 0 Å². The van der Waals surface area contributed by atoms with Gasteiger partial charge < -0.3 is 4.79 Å². The Morgan fingerprint density at radius 2 is 2.29 bits per heavy atom. The van der Waals surface area contributed by atoms with Crippen molar-refractivity contribution in [2.45, 2.75) is 46.0 Å². The van der Waals surface area contributed by atoms with Gasteiger partial charge in [-0.05, 0) is 49.9 Å². The fourth-order valence-corrected chi connectivity index (χ4v) is 3.22. The monoisotopic (exact) mass is 192 g/mol. The molecule has 0 aromatic heterocycles. The van der Waals surface area contributed by atoms with Gasteiger partial charge in [-0.25, -0.2) is 0 Å². The van der Waals surface area contributed by atoms with Crippen LogP contribution in [0.25, 0.3) is 0 Å². The van der Waals surface area contributed by atoms with Gasteiger partial charge >= 0.3 is 0 Å². The summed E-state index contributed by atoms with van der Waals surface area (Å²) in [6, 6.07) is 0. The van der Waals surface area contributed by atoms with Crippen LogP contribution in [0, 0.1) is 17.3 Å². The second-order valence-corrected chi connectivity index (χ2v) is 5.40. The quantitative estimate of drug-likeness (QED) is 0.624. The summed E-state index contributed by atoms with van der Waals surface area (Å²) in [6.45, 7) is 4.10. The molecular formula is C13H20O. The van der Waals surface area contributed by atoms with Crippen molar-refractivity contribution in [2.75, 3.05) is 0 Å². The van der Waals surface area contributed by atoms with Crippen LogP contribution in [-0.2, 0) is 4.79 Å². The molecule has 0 aromatic rings. The van der Waals surface area contributed by atoms with Gasteiger partial charge in [0.25, 0.3) is 0 Å². The van der Waals surface area contributed by atoms with Gasteiger partial charge in [0.1, 0.15) is 5.78 Å². The van der Waals surface area contributed by atoms with Gasteiger partial charge in [-0.15, -0.1) is 0 Å². The summed E-state index contributed by atoms with van der Waals surface area (Å²) in [5.74, 6) is 1.99. The second-order valence-electron chi connectivity index (χ2n) is 5.40. The smallest absolute Gasteiger partial charge is 0.129 e. The molecule has 2 rings (SSSR count). The molecule has 0 heterocycles. The van der Waals surface area contributed by atoms with E-state index in [0.29, 0.717) is 11.2 Å². The zero-order valence-corrected chi connectivity index (χ0v) is 9.25. The fourth-order valence-electron chi connectivity index (χ4n) is 3.22. The van der Waals surface area contributed by atoms with E-state index >= 15 is 0 Å². The van der Waals surface area contributed by atoms with Crippen molar-refractivity contribution in [3.05, 3.63) is 12.2 Å². The Bertz CT molecular complexity index is 266. The minimum absolute atomic E-state index is 0.340. The summed E-state index contributed by atoms with van der Waals surface area (Å²) >= 11 is 0. The summed E-state index contributed by atoms with van der Waals surface area (Å²) in [7, 11) is 0. The highest BCUT2D eigenvalue weighted by Crippen LogP contribution is 2.54. The maximum Gasteiger partial charge on any atom is 0.129 e. The molecule has 0 radical (unpaired) electrons. The maximum atomic E-state index is 10.9. The van der Waals surface area contributed by atoms with E-state index in [0.717, 1.165) is 24.7 Å². The first-order chi connectivity index (χ1) is 6.60. The molecule has 1 fully saturated rings.